The maximum atomic E-state index is 12.7. The van der Waals surface area contributed by atoms with E-state index in [1.165, 1.54) is 6.21 Å². The van der Waals surface area contributed by atoms with Crippen LogP contribution in [-0.4, -0.2) is 27.7 Å². The number of H-pyrrole nitrogens is 1. The second kappa shape index (κ2) is 6.08. The summed E-state index contributed by atoms with van der Waals surface area (Å²) in [4.78, 5) is 0. The number of ether oxygens (including phenoxy) is 1. The molecule has 1 aromatic heterocycles. The molecule has 21 heavy (non-hydrogen) atoms. The van der Waals surface area contributed by atoms with Crippen molar-refractivity contribution in [1.82, 2.24) is 14.9 Å². The quantitative estimate of drug-likeness (QED) is 0.696. The second-order valence-corrected chi connectivity index (χ2v) is 4.26. The minimum Gasteiger partial charge on any atom is -0.493 e. The molecule has 0 aliphatic carbocycles. The van der Waals surface area contributed by atoms with Crippen LogP contribution in [0.5, 0.6) is 5.75 Å². The van der Waals surface area contributed by atoms with Crippen molar-refractivity contribution in [3.63, 3.8) is 0 Å². The lowest BCUT2D eigenvalue weighted by Gasteiger charge is -2.06. The fourth-order valence-corrected chi connectivity index (χ4v) is 1.76. The van der Waals surface area contributed by atoms with Crippen molar-refractivity contribution in [1.29, 1.82) is 0 Å². The Labute approximate surface area is 123 Å². The highest BCUT2D eigenvalue weighted by Crippen LogP contribution is 2.27. The van der Waals surface area contributed by atoms with E-state index in [-0.39, 0.29) is 4.77 Å². The predicted molar refractivity (Wildman–Crippen MR) is 73.0 cm³/mol. The van der Waals surface area contributed by atoms with Gasteiger partial charge < -0.3 is 4.74 Å². The molecule has 0 atom stereocenters. The zero-order chi connectivity index (χ0) is 15.5. The third kappa shape index (κ3) is 3.48. The predicted octanol–water partition coefficient (Wildman–Crippen LogP) is 3.24. The largest absolute Gasteiger partial charge is 0.493 e. The van der Waals surface area contributed by atoms with Gasteiger partial charge in [-0.15, -0.1) is 5.10 Å². The molecular formula is C12H11F3N4OS. The summed E-state index contributed by atoms with van der Waals surface area (Å²) < 4.78 is 43.9. The van der Waals surface area contributed by atoms with E-state index in [0.717, 1.165) is 0 Å². The van der Waals surface area contributed by atoms with Gasteiger partial charge in [0.1, 0.15) is 5.75 Å². The highest BCUT2D eigenvalue weighted by Gasteiger charge is 2.37. The number of halogens is 3. The third-order valence-corrected chi connectivity index (χ3v) is 2.70. The number of nitrogens with zero attached hydrogens (tertiary/aromatic N) is 3. The Morgan fingerprint density at radius 3 is 2.81 bits per heavy atom. The summed E-state index contributed by atoms with van der Waals surface area (Å²) in [7, 11) is 0. The van der Waals surface area contributed by atoms with Gasteiger partial charge in [-0.25, -0.2) is 5.10 Å². The molecule has 0 bridgehead atoms. The summed E-state index contributed by atoms with van der Waals surface area (Å²) in [5.74, 6) is -0.690. The fraction of sp³-hybridized carbons (Fsp3) is 0.250. The molecule has 5 nitrogen and oxygen atoms in total. The van der Waals surface area contributed by atoms with Gasteiger partial charge in [0.25, 0.3) is 5.82 Å². The summed E-state index contributed by atoms with van der Waals surface area (Å²) in [6.07, 6.45) is -3.41. The Morgan fingerprint density at radius 1 is 1.43 bits per heavy atom. The number of alkyl halides is 3. The smallest absolute Gasteiger partial charge is 0.453 e. The molecule has 1 aromatic carbocycles. The van der Waals surface area contributed by atoms with Crippen molar-refractivity contribution in [3.8, 4) is 5.75 Å². The molecule has 9 heteroatoms. The van der Waals surface area contributed by atoms with E-state index < -0.39 is 12.0 Å². The van der Waals surface area contributed by atoms with Gasteiger partial charge in [0.15, 0.2) is 0 Å². The zero-order valence-corrected chi connectivity index (χ0v) is 11.7. The van der Waals surface area contributed by atoms with Gasteiger partial charge in [0, 0.05) is 5.56 Å². The standard InChI is InChI=1S/C12H11F3N4OS/c1-2-20-9-6-4-3-5-8(9)7-16-19-10(12(13,14)15)17-18-11(19)21/h3-7H,2H2,1H3,(H,18,21)/b16-7-. The van der Waals surface area contributed by atoms with Gasteiger partial charge in [0.2, 0.25) is 4.77 Å². The summed E-state index contributed by atoms with van der Waals surface area (Å²) in [5.41, 5.74) is 0.538. The van der Waals surface area contributed by atoms with Gasteiger partial charge >= 0.3 is 6.18 Å². The van der Waals surface area contributed by atoms with Crippen LogP contribution in [0.2, 0.25) is 0 Å². The number of rotatable bonds is 4. The molecule has 2 aromatic rings. The van der Waals surface area contributed by atoms with Crippen LogP contribution in [0.25, 0.3) is 0 Å². The van der Waals surface area contributed by atoms with E-state index in [9.17, 15) is 13.2 Å². The highest BCUT2D eigenvalue weighted by molar-refractivity contribution is 7.71. The lowest BCUT2D eigenvalue weighted by molar-refractivity contribution is -0.147. The van der Waals surface area contributed by atoms with Crippen molar-refractivity contribution in [2.75, 3.05) is 6.61 Å². The Bertz CT molecular complexity index is 705. The van der Waals surface area contributed by atoms with Crippen molar-refractivity contribution >= 4 is 18.4 Å². The van der Waals surface area contributed by atoms with Crippen LogP contribution in [0.15, 0.2) is 29.4 Å². The van der Waals surface area contributed by atoms with Crippen LogP contribution in [0.1, 0.15) is 18.3 Å². The first-order valence-corrected chi connectivity index (χ1v) is 6.35. The second-order valence-electron chi connectivity index (χ2n) is 3.88. The van der Waals surface area contributed by atoms with Gasteiger partial charge in [-0.05, 0) is 31.3 Å². The molecule has 0 aliphatic rings. The van der Waals surface area contributed by atoms with E-state index in [1.54, 1.807) is 24.3 Å². The number of nitrogens with one attached hydrogen (secondary N) is 1. The zero-order valence-electron chi connectivity index (χ0n) is 10.9. The SMILES string of the molecule is CCOc1ccccc1/C=N\n1c(C(F)(F)F)n[nH]c1=S. The maximum absolute atomic E-state index is 12.7. The normalized spacial score (nSPS) is 12.0. The Balaban J connectivity index is 2.39. The van der Waals surface area contributed by atoms with Crippen LogP contribution in [0, 0.1) is 4.77 Å². The first-order valence-electron chi connectivity index (χ1n) is 5.94. The highest BCUT2D eigenvalue weighted by atomic mass is 32.1. The molecule has 1 heterocycles. The van der Waals surface area contributed by atoms with E-state index in [2.05, 4.69) is 15.3 Å². The maximum Gasteiger partial charge on any atom is 0.453 e. The number of hydrogen-bond acceptors (Lipinski definition) is 4. The van der Waals surface area contributed by atoms with Gasteiger partial charge in [-0.1, -0.05) is 12.1 Å². The molecule has 1 N–H and O–H groups in total. The van der Waals surface area contributed by atoms with E-state index in [1.807, 2.05) is 6.92 Å². The van der Waals surface area contributed by atoms with Crippen molar-refractivity contribution in [2.24, 2.45) is 5.10 Å². The summed E-state index contributed by atoms with van der Waals surface area (Å²) in [6, 6.07) is 6.85. The first-order chi connectivity index (χ1) is 9.93. The minimum atomic E-state index is -4.65. The number of aromatic nitrogens is 3. The average molecular weight is 316 g/mol. The Kier molecular flexibility index (Phi) is 4.41. The van der Waals surface area contributed by atoms with E-state index in [4.69, 9.17) is 17.0 Å². The molecule has 0 fully saturated rings. The fourth-order valence-electron chi connectivity index (χ4n) is 1.58. The van der Waals surface area contributed by atoms with Crippen LogP contribution in [0.4, 0.5) is 13.2 Å². The van der Waals surface area contributed by atoms with Gasteiger partial charge in [-0.3, -0.25) is 0 Å². The van der Waals surface area contributed by atoms with Gasteiger partial charge in [-0.2, -0.15) is 22.9 Å². The van der Waals surface area contributed by atoms with E-state index in [0.29, 0.717) is 22.6 Å². The summed E-state index contributed by atoms with van der Waals surface area (Å²) >= 11 is 4.74. The lowest BCUT2D eigenvalue weighted by atomic mass is 10.2. The minimum absolute atomic E-state index is 0.243. The molecule has 112 valence electrons. The van der Waals surface area contributed by atoms with Crippen LogP contribution >= 0.6 is 12.2 Å². The monoisotopic (exact) mass is 316 g/mol. The van der Waals surface area contributed by atoms with Crippen molar-refractivity contribution < 1.29 is 17.9 Å². The number of aromatic amines is 1. The summed E-state index contributed by atoms with van der Waals surface area (Å²) in [6.45, 7) is 2.24. The van der Waals surface area contributed by atoms with Crippen LogP contribution in [-0.2, 0) is 6.18 Å². The lowest BCUT2D eigenvalue weighted by Crippen LogP contribution is -2.12. The number of para-hydroxylation sites is 1. The first kappa shape index (κ1) is 15.2. The molecule has 2 rings (SSSR count). The molecule has 0 unspecified atom stereocenters. The number of hydrogen-bond donors (Lipinski definition) is 1. The van der Waals surface area contributed by atoms with E-state index >= 15 is 0 Å². The van der Waals surface area contributed by atoms with Crippen LogP contribution in [0.3, 0.4) is 0 Å². The molecule has 0 spiro atoms. The van der Waals surface area contributed by atoms with Crippen LogP contribution < -0.4 is 4.74 Å². The molecule has 0 aliphatic heterocycles. The Morgan fingerprint density at radius 2 is 2.14 bits per heavy atom. The molecular weight excluding hydrogens is 305 g/mol. The topological polar surface area (TPSA) is 55.2 Å². The molecule has 0 amide bonds. The molecule has 0 radical (unpaired) electrons. The Hall–Kier alpha value is -2.16. The number of benzene rings is 1. The average Bonchev–Trinajstić information content (AvgIpc) is 2.79. The van der Waals surface area contributed by atoms with Crippen molar-refractivity contribution in [3.05, 3.63) is 40.4 Å². The van der Waals surface area contributed by atoms with Gasteiger partial charge in [0.05, 0.1) is 12.8 Å². The molecule has 0 saturated carbocycles. The van der Waals surface area contributed by atoms with Crippen molar-refractivity contribution in [2.45, 2.75) is 13.1 Å². The molecule has 0 saturated heterocycles. The third-order valence-electron chi connectivity index (χ3n) is 2.44. The summed E-state index contributed by atoms with van der Waals surface area (Å²) in [5, 5.41) is 8.94.